The number of carbonyl (C=O) groups excluding carboxylic acids is 1. The van der Waals surface area contributed by atoms with Gasteiger partial charge in [0.2, 0.25) is 0 Å². The summed E-state index contributed by atoms with van der Waals surface area (Å²) in [6, 6.07) is 0. The van der Waals surface area contributed by atoms with E-state index < -0.39 is 24.4 Å². The van der Waals surface area contributed by atoms with E-state index in [0.29, 0.717) is 0 Å². The Balaban J connectivity index is -0.00000000663. The summed E-state index contributed by atoms with van der Waals surface area (Å²) in [6.45, 7) is 0. The molecule has 0 aromatic heterocycles. The van der Waals surface area contributed by atoms with Crippen molar-refractivity contribution < 1.29 is 251 Å². The van der Waals surface area contributed by atoms with Crippen LogP contribution in [-0.4, -0.2) is 94.3 Å². The molecule has 0 fully saturated rings. The van der Waals surface area contributed by atoms with E-state index in [4.69, 9.17) is 51.8 Å². The maximum Gasteiger partial charge on any atom is 2.00 e. The third-order valence-corrected chi connectivity index (χ3v) is 0. The number of carbonyl (C=O) groups is 1. The van der Waals surface area contributed by atoms with Crippen molar-refractivity contribution in [3.63, 3.8) is 0 Å². The predicted molar refractivity (Wildman–Crippen MR) is 39.4 cm³/mol. The van der Waals surface area contributed by atoms with Crippen LogP contribution in [0.3, 0.4) is 0 Å². The van der Waals surface area contributed by atoms with Crippen molar-refractivity contribution >= 4 is 85.2 Å². The molecule has 0 unspecified atom stereocenters. The van der Waals surface area contributed by atoms with Crippen LogP contribution in [0.4, 0.5) is 4.79 Å². The molecular weight excluding hydrogens is 546 g/mol. The molecule has 112 valence electrons. The van der Waals surface area contributed by atoms with Gasteiger partial charge in [-0.25, -0.2) is 0 Å². The first-order valence-electron chi connectivity index (χ1n) is 2.04. The molecule has 0 rings (SSSR count). The third kappa shape index (κ3) is 402. The predicted octanol–water partition coefficient (Wildman–Crippen LogP) is -27.1. The van der Waals surface area contributed by atoms with Crippen LogP contribution in [0, 0.1) is 0 Å². The molecule has 0 aliphatic heterocycles. The summed E-state index contributed by atoms with van der Waals surface area (Å²) in [5.74, 6) is 0. The van der Waals surface area contributed by atoms with E-state index in [2.05, 4.69) is 0 Å². The molecule has 2 N–H and O–H groups in total. The average molecular weight is 548 g/mol. The molecule has 0 saturated heterocycles. The number of hydrogen-bond donors (Lipinski definition) is 2. The van der Waals surface area contributed by atoms with Gasteiger partial charge in [0, 0.05) is 10.4 Å². The Morgan fingerprint density at radius 3 is 0.913 bits per heavy atom. The second-order valence-corrected chi connectivity index (χ2v) is 2.95. The molecule has 0 aliphatic carbocycles. The zero-order chi connectivity index (χ0) is 12.6. The standard InChI is InChI=1S/CH2O3.Ca.3ClH.2K.Mg.2Na.H3O4P.H2O4S/c2-1(3)4;;;;;;;;;;2*1-5(2,3)4/h(H2,2,3,4);;3*1H;;;;;;(H3,1,2,3,4);(H2,1,2,3,4)/q;+2;;;;2*+1;+2;2*+1;;/p-8. The summed E-state index contributed by atoms with van der Waals surface area (Å²) >= 11 is 0. The van der Waals surface area contributed by atoms with Gasteiger partial charge in [0.05, 0.1) is 0 Å². The Morgan fingerprint density at radius 1 is 0.913 bits per heavy atom. The Morgan fingerprint density at radius 2 is 0.913 bits per heavy atom. The third-order valence-electron chi connectivity index (χ3n) is 0. The minimum Gasteiger partial charge on any atom is -1.00 e. The Hall–Kier alpha value is 7.42. The van der Waals surface area contributed by atoms with E-state index in [1.54, 1.807) is 0 Å². The van der Waals surface area contributed by atoms with E-state index in [0.717, 1.165) is 0 Å². The minimum absolute atomic E-state index is 0. The second kappa shape index (κ2) is 47.3. The molecule has 22 heteroatoms. The first-order chi connectivity index (χ1) is 5.73. The van der Waals surface area contributed by atoms with Crippen LogP contribution in [0.25, 0.3) is 0 Å². The molecule has 23 heavy (non-hydrogen) atoms. The molecular formula is CH2CaCl3K2MgNa2O11PS. The largest absolute Gasteiger partial charge is 2.00 e. The van der Waals surface area contributed by atoms with Crippen molar-refractivity contribution in [2.24, 2.45) is 0 Å². The Bertz CT molecular complexity index is 302. The van der Waals surface area contributed by atoms with Crippen molar-refractivity contribution in [1.29, 1.82) is 0 Å². The zero-order valence-electron chi connectivity index (χ0n) is 12.5. The average Bonchev–Trinajstić information content (AvgIpc) is 1.45. The molecule has 0 heterocycles. The van der Waals surface area contributed by atoms with E-state index in [9.17, 15) is 0 Å². The topological polar surface area (TPSA) is 224 Å². The van der Waals surface area contributed by atoms with Crippen LogP contribution >= 0.6 is 7.82 Å². The van der Waals surface area contributed by atoms with Crippen molar-refractivity contribution in [2.75, 3.05) is 0 Å². The molecule has 0 aliphatic rings. The zero-order valence-corrected chi connectivity index (χ0v) is 30.3. The Kier molecular flexibility index (Phi) is 159. The van der Waals surface area contributed by atoms with Gasteiger partial charge in [-0.05, 0) is 6.16 Å². The van der Waals surface area contributed by atoms with Gasteiger partial charge < -0.3 is 76.0 Å². The molecule has 0 aromatic carbocycles. The van der Waals surface area contributed by atoms with Gasteiger partial charge >= 0.3 is 223 Å². The van der Waals surface area contributed by atoms with Crippen LogP contribution in [0.2, 0.25) is 0 Å². The summed E-state index contributed by atoms with van der Waals surface area (Å²) in [5, 5.41) is 16.7. The van der Waals surface area contributed by atoms with Crippen LogP contribution in [0.5, 0.6) is 0 Å². The number of hydrogen-bond acceptors (Lipinski definition) is 9. The fraction of sp³-hybridized carbons (Fsp3) is 0. The van der Waals surface area contributed by atoms with E-state index in [1.165, 1.54) is 0 Å². The van der Waals surface area contributed by atoms with Crippen molar-refractivity contribution in [3.05, 3.63) is 0 Å². The van der Waals surface area contributed by atoms with E-state index in [1.807, 2.05) is 0 Å². The summed E-state index contributed by atoms with van der Waals surface area (Å²) in [6.07, 6.45) is -2.33. The van der Waals surface area contributed by atoms with Crippen LogP contribution in [0.1, 0.15) is 0 Å². The molecule has 0 radical (unpaired) electrons. The number of carboxylic acid groups (broad SMARTS) is 2. The molecule has 0 atom stereocenters. The van der Waals surface area contributed by atoms with Gasteiger partial charge in [-0.2, -0.15) is 0 Å². The van der Waals surface area contributed by atoms with Gasteiger partial charge in [-0.1, -0.05) is 0 Å². The number of phosphoric acid groups is 1. The molecule has 0 bridgehead atoms. The van der Waals surface area contributed by atoms with Gasteiger partial charge in [-0.3, -0.25) is 13.0 Å². The quantitative estimate of drug-likeness (QED) is 0.125. The second-order valence-electron chi connectivity index (χ2n) is 1.15. The minimum atomic E-state index is -5.17. The summed E-state index contributed by atoms with van der Waals surface area (Å²) < 4.78 is 42.9. The van der Waals surface area contributed by atoms with Gasteiger partial charge in [0.15, 0.2) is 0 Å². The first kappa shape index (κ1) is 77.6. The molecule has 0 saturated carbocycles. The smallest absolute Gasteiger partial charge is 1.00 e. The van der Waals surface area contributed by atoms with E-state index in [-0.39, 0.29) is 260 Å². The van der Waals surface area contributed by atoms with Crippen LogP contribution < -0.4 is 214 Å². The maximum absolute atomic E-state index is 8.77. The van der Waals surface area contributed by atoms with Gasteiger partial charge in [0.1, 0.15) is 0 Å². The molecule has 0 aromatic rings. The van der Waals surface area contributed by atoms with E-state index >= 15 is 0 Å². The number of halogens is 3. The monoisotopic (exact) mass is 546 g/mol. The summed E-state index contributed by atoms with van der Waals surface area (Å²) in [7, 11) is -10.1. The number of rotatable bonds is 0. The van der Waals surface area contributed by atoms with Gasteiger partial charge in [0.25, 0.3) is 7.82 Å². The summed E-state index contributed by atoms with van der Waals surface area (Å²) in [4.78, 5) is 31.3. The summed E-state index contributed by atoms with van der Waals surface area (Å²) in [5.41, 5.74) is 0. The molecule has 11 nitrogen and oxygen atoms in total. The van der Waals surface area contributed by atoms with Crippen LogP contribution in [0.15, 0.2) is 0 Å². The first-order valence-corrected chi connectivity index (χ1v) is 4.91. The normalized spacial score (nSPS) is 6.13. The van der Waals surface area contributed by atoms with Gasteiger partial charge in [-0.15, -0.1) is 0 Å². The molecule has 0 spiro atoms. The van der Waals surface area contributed by atoms with Crippen LogP contribution in [-0.2, 0) is 15.0 Å². The fourth-order valence-corrected chi connectivity index (χ4v) is 0. The van der Waals surface area contributed by atoms with Crippen molar-refractivity contribution in [2.45, 2.75) is 0 Å². The SMILES string of the molecule is O=C([O-])[O-].O=P([O-])(O)O.O=S(=O)([O-])[O-].[Ca+2].[Cl-].[Cl-].[Cl-].[K+].[K+].[Mg+2].[Na+].[Na+]. The Labute approximate surface area is 327 Å². The maximum atomic E-state index is 8.77. The molecule has 0 amide bonds. The fourth-order valence-electron chi connectivity index (χ4n) is 0. The van der Waals surface area contributed by atoms with Crippen molar-refractivity contribution in [1.82, 2.24) is 0 Å². The van der Waals surface area contributed by atoms with Crippen molar-refractivity contribution in [3.8, 4) is 0 Å².